The molecule has 1 aliphatic heterocycles. The van der Waals surface area contributed by atoms with E-state index in [0.29, 0.717) is 24.8 Å². The SMILES string of the molecule is CC(C)[C@H](NC(=O)COc1ccccc1)C(=O)N1CCC(c2nc3ccccc3s2)CC1. The van der Waals surface area contributed by atoms with Gasteiger partial charge in [-0.3, -0.25) is 9.59 Å². The normalized spacial score (nSPS) is 15.7. The van der Waals surface area contributed by atoms with E-state index in [9.17, 15) is 9.59 Å². The molecule has 1 atom stereocenters. The Balaban J connectivity index is 1.32. The van der Waals surface area contributed by atoms with E-state index in [1.807, 2.05) is 55.1 Å². The summed E-state index contributed by atoms with van der Waals surface area (Å²) in [7, 11) is 0. The van der Waals surface area contributed by atoms with Gasteiger partial charge in [0.15, 0.2) is 6.61 Å². The van der Waals surface area contributed by atoms with Crippen molar-refractivity contribution in [1.29, 1.82) is 0 Å². The lowest BCUT2D eigenvalue weighted by molar-refractivity contribution is -0.139. The molecule has 2 aromatic carbocycles. The van der Waals surface area contributed by atoms with E-state index >= 15 is 0 Å². The summed E-state index contributed by atoms with van der Waals surface area (Å²) in [6.07, 6.45) is 1.78. The molecule has 6 nitrogen and oxygen atoms in total. The first kappa shape index (κ1) is 22.3. The van der Waals surface area contributed by atoms with Gasteiger partial charge in [-0.05, 0) is 43.0 Å². The number of piperidine rings is 1. The number of ether oxygens (including phenoxy) is 1. The number of hydrogen-bond acceptors (Lipinski definition) is 5. The molecule has 168 valence electrons. The summed E-state index contributed by atoms with van der Waals surface area (Å²) >= 11 is 1.75. The fourth-order valence-electron chi connectivity index (χ4n) is 4.00. The van der Waals surface area contributed by atoms with E-state index in [1.165, 1.54) is 4.70 Å². The third-order valence-electron chi connectivity index (χ3n) is 5.83. The molecule has 1 fully saturated rings. The Labute approximate surface area is 192 Å². The molecule has 1 aromatic heterocycles. The zero-order valence-corrected chi connectivity index (χ0v) is 19.3. The topological polar surface area (TPSA) is 71.5 Å². The maximum absolute atomic E-state index is 13.2. The van der Waals surface area contributed by atoms with Crippen LogP contribution in [-0.4, -0.2) is 47.4 Å². The van der Waals surface area contributed by atoms with E-state index in [-0.39, 0.29) is 24.3 Å². The summed E-state index contributed by atoms with van der Waals surface area (Å²) in [6, 6.07) is 16.8. The first-order valence-electron chi connectivity index (χ1n) is 11.1. The molecular weight excluding hydrogens is 422 g/mol. The predicted molar refractivity (Wildman–Crippen MR) is 127 cm³/mol. The maximum Gasteiger partial charge on any atom is 0.258 e. The highest BCUT2D eigenvalue weighted by atomic mass is 32.1. The van der Waals surface area contributed by atoms with E-state index < -0.39 is 6.04 Å². The summed E-state index contributed by atoms with van der Waals surface area (Å²) in [6.45, 7) is 5.15. The number of carbonyl (C=O) groups excluding carboxylic acids is 2. The number of nitrogens with zero attached hydrogens (tertiary/aromatic N) is 2. The fraction of sp³-hybridized carbons (Fsp3) is 0.400. The quantitative estimate of drug-likeness (QED) is 0.584. The molecule has 4 rings (SSSR count). The average molecular weight is 452 g/mol. The summed E-state index contributed by atoms with van der Waals surface area (Å²) < 4.78 is 6.73. The molecule has 7 heteroatoms. The molecule has 3 aromatic rings. The predicted octanol–water partition coefficient (Wildman–Crippen LogP) is 4.22. The highest BCUT2D eigenvalue weighted by molar-refractivity contribution is 7.18. The molecule has 0 bridgehead atoms. The van der Waals surface area contributed by atoms with Gasteiger partial charge in [-0.1, -0.05) is 44.2 Å². The summed E-state index contributed by atoms with van der Waals surface area (Å²) in [5.74, 6) is 0.695. The number of nitrogens with one attached hydrogen (secondary N) is 1. The molecule has 0 unspecified atom stereocenters. The number of aromatic nitrogens is 1. The number of fused-ring (bicyclic) bond motifs is 1. The molecule has 0 saturated carbocycles. The van der Waals surface area contributed by atoms with Crippen LogP contribution in [0.2, 0.25) is 0 Å². The van der Waals surface area contributed by atoms with Crippen LogP contribution in [-0.2, 0) is 9.59 Å². The zero-order chi connectivity index (χ0) is 22.5. The minimum atomic E-state index is -0.555. The van der Waals surface area contributed by atoms with Crippen molar-refractivity contribution in [2.45, 2.75) is 38.6 Å². The van der Waals surface area contributed by atoms with Crippen LogP contribution < -0.4 is 10.1 Å². The minimum Gasteiger partial charge on any atom is -0.484 e. The van der Waals surface area contributed by atoms with Crippen molar-refractivity contribution in [3.63, 3.8) is 0 Å². The monoisotopic (exact) mass is 451 g/mol. The van der Waals surface area contributed by atoms with E-state index in [2.05, 4.69) is 11.4 Å². The molecule has 0 radical (unpaired) electrons. The number of amides is 2. The van der Waals surface area contributed by atoms with Gasteiger partial charge in [-0.15, -0.1) is 11.3 Å². The van der Waals surface area contributed by atoms with Crippen LogP contribution in [0.4, 0.5) is 0 Å². The van der Waals surface area contributed by atoms with Crippen LogP contribution in [0.5, 0.6) is 5.75 Å². The zero-order valence-electron chi connectivity index (χ0n) is 18.5. The molecular formula is C25H29N3O3S. The van der Waals surface area contributed by atoms with Gasteiger partial charge < -0.3 is 15.0 Å². The minimum absolute atomic E-state index is 0.00911. The number of carbonyl (C=O) groups is 2. The third-order valence-corrected chi connectivity index (χ3v) is 7.03. The smallest absolute Gasteiger partial charge is 0.258 e. The lowest BCUT2D eigenvalue weighted by Gasteiger charge is -2.34. The molecule has 0 aliphatic carbocycles. The Bertz CT molecular complexity index is 1030. The summed E-state index contributed by atoms with van der Waals surface area (Å²) in [4.78, 5) is 32.3. The fourth-order valence-corrected chi connectivity index (χ4v) is 5.14. The number of benzene rings is 2. The van der Waals surface area contributed by atoms with Crippen LogP contribution in [0.15, 0.2) is 54.6 Å². The van der Waals surface area contributed by atoms with E-state index in [4.69, 9.17) is 9.72 Å². The largest absolute Gasteiger partial charge is 0.484 e. The number of para-hydroxylation sites is 2. The van der Waals surface area contributed by atoms with Gasteiger partial charge in [0.25, 0.3) is 5.91 Å². The van der Waals surface area contributed by atoms with Crippen LogP contribution in [0, 0.1) is 5.92 Å². The lowest BCUT2D eigenvalue weighted by atomic mass is 9.95. The maximum atomic E-state index is 13.2. The highest BCUT2D eigenvalue weighted by Gasteiger charge is 2.32. The van der Waals surface area contributed by atoms with Gasteiger partial charge in [-0.25, -0.2) is 4.98 Å². The van der Waals surface area contributed by atoms with Gasteiger partial charge in [-0.2, -0.15) is 0 Å². The van der Waals surface area contributed by atoms with Crippen molar-refractivity contribution in [2.24, 2.45) is 5.92 Å². The molecule has 2 amide bonds. The lowest BCUT2D eigenvalue weighted by Crippen LogP contribution is -2.53. The van der Waals surface area contributed by atoms with Gasteiger partial charge in [0.2, 0.25) is 5.91 Å². The Kier molecular flexibility index (Phi) is 7.05. The van der Waals surface area contributed by atoms with Crippen molar-refractivity contribution < 1.29 is 14.3 Å². The van der Waals surface area contributed by atoms with E-state index in [0.717, 1.165) is 23.4 Å². The van der Waals surface area contributed by atoms with Crippen molar-refractivity contribution in [2.75, 3.05) is 19.7 Å². The molecule has 1 saturated heterocycles. The molecule has 1 N–H and O–H groups in total. The Morgan fingerprint density at radius 1 is 1.09 bits per heavy atom. The van der Waals surface area contributed by atoms with Gasteiger partial charge in [0.05, 0.1) is 15.2 Å². The summed E-state index contributed by atoms with van der Waals surface area (Å²) in [5.41, 5.74) is 1.05. The molecule has 2 heterocycles. The number of thiazole rings is 1. The van der Waals surface area contributed by atoms with E-state index in [1.54, 1.807) is 23.5 Å². The Hall–Kier alpha value is -2.93. The van der Waals surface area contributed by atoms with Crippen LogP contribution in [0.3, 0.4) is 0 Å². The molecule has 32 heavy (non-hydrogen) atoms. The van der Waals surface area contributed by atoms with Gasteiger partial charge >= 0.3 is 0 Å². The second-order valence-corrected chi connectivity index (χ2v) is 9.57. The molecule has 0 spiro atoms. The second kappa shape index (κ2) is 10.1. The van der Waals surface area contributed by atoms with Gasteiger partial charge in [0.1, 0.15) is 11.8 Å². The van der Waals surface area contributed by atoms with Crippen molar-refractivity contribution in [3.05, 3.63) is 59.6 Å². The van der Waals surface area contributed by atoms with Crippen LogP contribution in [0.1, 0.15) is 37.6 Å². The third kappa shape index (κ3) is 5.27. The average Bonchev–Trinajstić information content (AvgIpc) is 3.26. The second-order valence-electron chi connectivity index (χ2n) is 8.51. The van der Waals surface area contributed by atoms with Crippen LogP contribution >= 0.6 is 11.3 Å². The number of rotatable bonds is 7. The number of likely N-dealkylation sites (tertiary alicyclic amines) is 1. The Morgan fingerprint density at radius 3 is 2.47 bits per heavy atom. The Morgan fingerprint density at radius 2 is 1.78 bits per heavy atom. The standard InChI is InChI=1S/C25H29N3O3S/c1-17(2)23(27-22(29)16-31-19-8-4-3-5-9-19)25(30)28-14-12-18(13-15-28)24-26-20-10-6-7-11-21(20)32-24/h3-11,17-18,23H,12-16H2,1-2H3,(H,27,29)/t23-/m0/s1. The molecule has 1 aliphatic rings. The number of hydrogen-bond donors (Lipinski definition) is 1. The van der Waals surface area contributed by atoms with Gasteiger partial charge in [0, 0.05) is 19.0 Å². The van der Waals surface area contributed by atoms with Crippen LogP contribution in [0.25, 0.3) is 10.2 Å². The van der Waals surface area contributed by atoms with Crippen molar-refractivity contribution in [1.82, 2.24) is 15.2 Å². The van der Waals surface area contributed by atoms with Crippen molar-refractivity contribution >= 4 is 33.4 Å². The summed E-state index contributed by atoms with van der Waals surface area (Å²) in [5, 5.41) is 4.04. The van der Waals surface area contributed by atoms with Crippen molar-refractivity contribution in [3.8, 4) is 5.75 Å². The first-order chi connectivity index (χ1) is 15.5. The first-order valence-corrected chi connectivity index (χ1v) is 11.9. The highest BCUT2D eigenvalue weighted by Crippen LogP contribution is 2.34.